The zero-order valence-corrected chi connectivity index (χ0v) is 6.59. The van der Waals surface area contributed by atoms with Crippen LogP contribution in [0.15, 0.2) is 0 Å². The normalized spacial score (nSPS) is 12.7. The highest BCUT2D eigenvalue weighted by Gasteiger charge is 2.04. The second-order valence-electron chi connectivity index (χ2n) is 2.40. The molecule has 0 amide bonds. The van der Waals surface area contributed by atoms with Crippen LogP contribution in [0.5, 0.6) is 0 Å². The highest BCUT2D eigenvalue weighted by Crippen LogP contribution is 1.91. The average molecular weight is 145 g/mol. The molecular weight excluding hydrogens is 130 g/mol. The SMILES string of the molecule is CCCOC(=O)CC(C)N. The summed E-state index contributed by atoms with van der Waals surface area (Å²) < 4.78 is 4.78. The van der Waals surface area contributed by atoms with Gasteiger partial charge in [0, 0.05) is 6.04 Å². The van der Waals surface area contributed by atoms with Gasteiger partial charge in [0.15, 0.2) is 0 Å². The van der Waals surface area contributed by atoms with Crippen molar-refractivity contribution in [1.29, 1.82) is 0 Å². The van der Waals surface area contributed by atoms with Crippen LogP contribution in [0.2, 0.25) is 0 Å². The van der Waals surface area contributed by atoms with Gasteiger partial charge in [-0.05, 0) is 13.3 Å². The van der Waals surface area contributed by atoms with Gasteiger partial charge >= 0.3 is 5.97 Å². The lowest BCUT2D eigenvalue weighted by Crippen LogP contribution is -2.21. The number of nitrogens with two attached hydrogens (primary N) is 1. The highest BCUT2D eigenvalue weighted by molar-refractivity contribution is 5.69. The van der Waals surface area contributed by atoms with Gasteiger partial charge in [-0.15, -0.1) is 0 Å². The van der Waals surface area contributed by atoms with E-state index in [0.717, 1.165) is 6.42 Å². The molecule has 60 valence electrons. The minimum atomic E-state index is -0.197. The Morgan fingerprint density at radius 2 is 2.30 bits per heavy atom. The van der Waals surface area contributed by atoms with Gasteiger partial charge in [0.25, 0.3) is 0 Å². The van der Waals surface area contributed by atoms with Crippen molar-refractivity contribution in [3.8, 4) is 0 Å². The fraction of sp³-hybridized carbons (Fsp3) is 0.857. The van der Waals surface area contributed by atoms with Crippen molar-refractivity contribution in [2.24, 2.45) is 5.73 Å². The van der Waals surface area contributed by atoms with Crippen LogP contribution in [0.1, 0.15) is 26.7 Å². The van der Waals surface area contributed by atoms with Crippen LogP contribution < -0.4 is 5.73 Å². The summed E-state index contributed by atoms with van der Waals surface area (Å²) in [6.45, 7) is 4.25. The lowest BCUT2D eigenvalue weighted by Gasteiger charge is -2.04. The first kappa shape index (κ1) is 9.43. The Bertz CT molecular complexity index is 102. The molecule has 0 aromatic carbocycles. The molecule has 10 heavy (non-hydrogen) atoms. The highest BCUT2D eigenvalue weighted by atomic mass is 16.5. The maximum atomic E-state index is 10.7. The van der Waals surface area contributed by atoms with Gasteiger partial charge in [0.2, 0.25) is 0 Å². The lowest BCUT2D eigenvalue weighted by atomic mass is 10.2. The Hall–Kier alpha value is -0.570. The molecule has 1 atom stereocenters. The fourth-order valence-electron chi connectivity index (χ4n) is 0.538. The quantitative estimate of drug-likeness (QED) is 0.592. The van der Waals surface area contributed by atoms with E-state index >= 15 is 0 Å². The van der Waals surface area contributed by atoms with E-state index in [0.29, 0.717) is 13.0 Å². The molecule has 2 N–H and O–H groups in total. The number of carbonyl (C=O) groups excluding carboxylic acids is 1. The van der Waals surface area contributed by atoms with Gasteiger partial charge in [-0.2, -0.15) is 0 Å². The molecule has 0 heterocycles. The number of ether oxygens (including phenoxy) is 1. The third kappa shape index (κ3) is 5.56. The van der Waals surface area contributed by atoms with Crippen LogP contribution in [-0.4, -0.2) is 18.6 Å². The molecule has 0 aliphatic rings. The first-order valence-corrected chi connectivity index (χ1v) is 3.58. The van der Waals surface area contributed by atoms with Crippen molar-refractivity contribution < 1.29 is 9.53 Å². The summed E-state index contributed by atoms with van der Waals surface area (Å²) in [6.07, 6.45) is 1.19. The zero-order valence-electron chi connectivity index (χ0n) is 6.59. The molecule has 3 nitrogen and oxygen atoms in total. The molecule has 0 aliphatic carbocycles. The first-order chi connectivity index (χ1) is 4.66. The van der Waals surface area contributed by atoms with E-state index in [1.54, 1.807) is 6.92 Å². The van der Waals surface area contributed by atoms with E-state index in [4.69, 9.17) is 10.5 Å². The minimum absolute atomic E-state index is 0.0932. The van der Waals surface area contributed by atoms with Gasteiger partial charge in [-0.3, -0.25) is 4.79 Å². The van der Waals surface area contributed by atoms with Crippen LogP contribution in [0, 0.1) is 0 Å². The van der Waals surface area contributed by atoms with E-state index in [9.17, 15) is 4.79 Å². The Balaban J connectivity index is 3.26. The molecule has 0 aliphatic heterocycles. The standard InChI is InChI=1S/C7H15NO2/c1-3-4-10-7(9)5-6(2)8/h6H,3-5,8H2,1-2H3. The largest absolute Gasteiger partial charge is 0.466 e. The fourth-order valence-corrected chi connectivity index (χ4v) is 0.538. The molecule has 3 heteroatoms. The Labute approximate surface area is 61.5 Å². The van der Waals surface area contributed by atoms with E-state index in [1.807, 2.05) is 6.92 Å². The van der Waals surface area contributed by atoms with E-state index in [2.05, 4.69) is 0 Å². The number of hydrogen-bond acceptors (Lipinski definition) is 3. The number of esters is 1. The third-order valence-corrected chi connectivity index (χ3v) is 0.956. The van der Waals surface area contributed by atoms with Crippen molar-refractivity contribution in [1.82, 2.24) is 0 Å². The molecule has 0 rings (SSSR count). The topological polar surface area (TPSA) is 52.3 Å². The van der Waals surface area contributed by atoms with Crippen LogP contribution in [0.3, 0.4) is 0 Å². The second kappa shape index (κ2) is 5.23. The van der Waals surface area contributed by atoms with Crippen LogP contribution >= 0.6 is 0 Å². The maximum Gasteiger partial charge on any atom is 0.307 e. The molecule has 0 fully saturated rings. The van der Waals surface area contributed by atoms with Crippen LogP contribution in [0.4, 0.5) is 0 Å². The average Bonchev–Trinajstić information content (AvgIpc) is 1.82. The van der Waals surface area contributed by atoms with E-state index in [1.165, 1.54) is 0 Å². The molecule has 0 spiro atoms. The Kier molecular flexibility index (Phi) is 4.94. The number of carbonyl (C=O) groups is 1. The minimum Gasteiger partial charge on any atom is -0.466 e. The predicted molar refractivity (Wildman–Crippen MR) is 39.5 cm³/mol. The van der Waals surface area contributed by atoms with E-state index < -0.39 is 0 Å². The van der Waals surface area contributed by atoms with Crippen molar-refractivity contribution >= 4 is 5.97 Å². The summed E-state index contributed by atoms with van der Waals surface area (Å²) >= 11 is 0. The summed E-state index contributed by atoms with van der Waals surface area (Å²) in [5, 5.41) is 0. The molecular formula is C7H15NO2. The van der Waals surface area contributed by atoms with E-state index in [-0.39, 0.29) is 12.0 Å². The molecule has 0 saturated heterocycles. The molecule has 0 bridgehead atoms. The molecule has 0 saturated carbocycles. The van der Waals surface area contributed by atoms with Crippen molar-refractivity contribution in [2.45, 2.75) is 32.7 Å². The van der Waals surface area contributed by atoms with Gasteiger partial charge in [0.1, 0.15) is 0 Å². The summed E-state index contributed by atoms with van der Waals surface area (Å²) in [5.41, 5.74) is 5.36. The lowest BCUT2D eigenvalue weighted by molar-refractivity contribution is -0.143. The molecule has 0 radical (unpaired) electrons. The summed E-state index contributed by atoms with van der Waals surface area (Å²) in [6, 6.07) is -0.0932. The number of rotatable bonds is 4. The molecule has 1 unspecified atom stereocenters. The third-order valence-electron chi connectivity index (χ3n) is 0.956. The Morgan fingerprint density at radius 1 is 1.70 bits per heavy atom. The van der Waals surface area contributed by atoms with Gasteiger partial charge in [-0.1, -0.05) is 6.92 Å². The first-order valence-electron chi connectivity index (χ1n) is 3.58. The van der Waals surface area contributed by atoms with Crippen molar-refractivity contribution in [2.75, 3.05) is 6.61 Å². The monoisotopic (exact) mass is 145 g/mol. The van der Waals surface area contributed by atoms with Gasteiger partial charge in [0.05, 0.1) is 13.0 Å². The zero-order chi connectivity index (χ0) is 7.98. The van der Waals surface area contributed by atoms with Crippen molar-refractivity contribution in [3.05, 3.63) is 0 Å². The van der Waals surface area contributed by atoms with Gasteiger partial charge in [-0.25, -0.2) is 0 Å². The number of hydrogen-bond donors (Lipinski definition) is 1. The van der Waals surface area contributed by atoms with Crippen LogP contribution in [0.25, 0.3) is 0 Å². The Morgan fingerprint density at radius 3 is 2.70 bits per heavy atom. The van der Waals surface area contributed by atoms with Crippen molar-refractivity contribution in [3.63, 3.8) is 0 Å². The second-order valence-corrected chi connectivity index (χ2v) is 2.40. The smallest absolute Gasteiger partial charge is 0.307 e. The summed E-state index contributed by atoms with van der Waals surface area (Å²) in [4.78, 5) is 10.7. The summed E-state index contributed by atoms with van der Waals surface area (Å²) in [7, 11) is 0. The maximum absolute atomic E-state index is 10.7. The molecule has 0 aromatic rings. The van der Waals surface area contributed by atoms with Crippen LogP contribution in [-0.2, 0) is 9.53 Å². The summed E-state index contributed by atoms with van der Waals surface area (Å²) in [5.74, 6) is -0.197. The molecule has 0 aromatic heterocycles. The van der Waals surface area contributed by atoms with Gasteiger partial charge < -0.3 is 10.5 Å². The predicted octanol–water partition coefficient (Wildman–Crippen LogP) is 0.677.